The fourth-order valence-corrected chi connectivity index (χ4v) is 5.04. The highest BCUT2D eigenvalue weighted by Crippen LogP contribution is 2.62. The maximum absolute atomic E-state index is 12.5. The van der Waals surface area contributed by atoms with Gasteiger partial charge in [0, 0.05) is 7.10 Å². The fourth-order valence-electron chi connectivity index (χ4n) is 1.21. The van der Waals surface area contributed by atoms with Gasteiger partial charge < -0.3 is 0 Å². The third-order valence-electron chi connectivity index (χ3n) is 1.81. The third kappa shape index (κ3) is 10.1. The van der Waals surface area contributed by atoms with Crippen LogP contribution in [0, 0.1) is 0 Å². The summed E-state index contributed by atoms with van der Waals surface area (Å²) in [5.74, 6) is 0. The second-order valence-electron chi connectivity index (χ2n) is 4.52. The van der Waals surface area contributed by atoms with E-state index < -0.39 is 12.5 Å². The minimum Gasteiger partial charge on any atom is -0.298 e. The largest absolute Gasteiger partial charge is 0.389 e. The van der Waals surface area contributed by atoms with E-state index in [4.69, 9.17) is 10.4 Å². The van der Waals surface area contributed by atoms with E-state index in [1.54, 1.807) is 0 Å². The Bertz CT molecular complexity index is 248. The van der Waals surface area contributed by atoms with E-state index in [2.05, 4.69) is 6.92 Å². The minimum atomic E-state index is -3.21. The van der Waals surface area contributed by atoms with Gasteiger partial charge in [-0.1, -0.05) is 26.2 Å². The number of rotatable bonds is 10. The minimum absolute atomic E-state index is 0.162. The van der Waals surface area contributed by atoms with Crippen LogP contribution in [0.1, 0.15) is 61.7 Å². The van der Waals surface area contributed by atoms with Gasteiger partial charge in [-0.15, -0.1) is 0 Å². The summed E-state index contributed by atoms with van der Waals surface area (Å²) in [5, 5.41) is 0. The molecule has 0 spiro atoms. The van der Waals surface area contributed by atoms with Crippen LogP contribution in [0.25, 0.3) is 0 Å². The summed E-state index contributed by atoms with van der Waals surface area (Å²) < 4.78 is 31.2. The van der Waals surface area contributed by atoms with Crippen LogP contribution in [-0.2, 0) is 13.6 Å². The predicted octanol–water partition coefficient (Wildman–Crippen LogP) is 5.26. The standard InChI is InChI=1S/C12H27O3PS/c1-6-7-8-9-10-17-16(13,14-11(2)3)15-12(4)5/h11-12H,6-10H2,1-5H3/i10D/t10-/m1/s1. The lowest BCUT2D eigenvalue weighted by Gasteiger charge is -2.21. The Morgan fingerprint density at radius 2 is 1.65 bits per heavy atom. The SMILES string of the molecule is [2H][C@H](CCCCC)SP(=O)(OC(C)C)OC(C)C. The Balaban J connectivity index is 4.34. The Morgan fingerprint density at radius 1 is 1.12 bits per heavy atom. The topological polar surface area (TPSA) is 35.5 Å². The van der Waals surface area contributed by atoms with Crippen molar-refractivity contribution in [2.75, 3.05) is 5.73 Å². The van der Waals surface area contributed by atoms with E-state index in [0.717, 1.165) is 37.1 Å². The van der Waals surface area contributed by atoms with E-state index in [0.29, 0.717) is 0 Å². The number of hydrogen-bond donors (Lipinski definition) is 0. The molecule has 5 heteroatoms. The molecule has 0 heterocycles. The summed E-state index contributed by atoms with van der Waals surface area (Å²) in [6, 6.07) is 0. The first kappa shape index (κ1) is 15.6. The molecule has 0 amide bonds. The maximum atomic E-state index is 12.5. The highest BCUT2D eigenvalue weighted by atomic mass is 32.7. The zero-order valence-electron chi connectivity index (χ0n) is 12.6. The predicted molar refractivity (Wildman–Crippen MR) is 76.6 cm³/mol. The Labute approximate surface area is 112 Å². The second kappa shape index (κ2) is 9.43. The van der Waals surface area contributed by atoms with Gasteiger partial charge in [0.2, 0.25) is 0 Å². The lowest BCUT2D eigenvalue weighted by Crippen LogP contribution is -2.06. The molecule has 0 N–H and O–H groups in total. The van der Waals surface area contributed by atoms with Crippen molar-refractivity contribution >= 4 is 18.2 Å². The van der Waals surface area contributed by atoms with Gasteiger partial charge in [-0.25, -0.2) is 4.57 Å². The smallest absolute Gasteiger partial charge is 0.298 e. The van der Waals surface area contributed by atoms with E-state index in [-0.39, 0.29) is 12.2 Å². The molecule has 0 bridgehead atoms. The third-order valence-corrected chi connectivity index (χ3v) is 5.55. The Hall–Kier alpha value is 0.500. The highest BCUT2D eigenvalue weighted by Gasteiger charge is 2.28. The molecule has 17 heavy (non-hydrogen) atoms. The van der Waals surface area contributed by atoms with E-state index >= 15 is 0 Å². The van der Waals surface area contributed by atoms with Gasteiger partial charge in [-0.2, -0.15) is 0 Å². The molecule has 0 saturated carbocycles. The van der Waals surface area contributed by atoms with Gasteiger partial charge in [0.1, 0.15) is 0 Å². The van der Waals surface area contributed by atoms with Crippen LogP contribution in [-0.4, -0.2) is 17.9 Å². The van der Waals surface area contributed by atoms with Gasteiger partial charge in [0.25, 0.3) is 0 Å². The summed E-state index contributed by atoms with van der Waals surface area (Å²) in [6.45, 7) is 6.22. The van der Waals surface area contributed by atoms with Crippen molar-refractivity contribution in [1.29, 1.82) is 0 Å². The molecule has 0 aromatic heterocycles. The first-order chi connectivity index (χ1) is 8.29. The van der Waals surface area contributed by atoms with Crippen molar-refractivity contribution in [3.8, 4) is 0 Å². The van der Waals surface area contributed by atoms with Crippen molar-refractivity contribution in [3.05, 3.63) is 0 Å². The second-order valence-corrected chi connectivity index (χ2v) is 8.36. The van der Waals surface area contributed by atoms with Gasteiger partial charge in [-0.05, 0) is 45.5 Å². The van der Waals surface area contributed by atoms with Crippen molar-refractivity contribution in [1.82, 2.24) is 0 Å². The summed E-state index contributed by atoms with van der Waals surface area (Å²) in [5.41, 5.74) is -0.445. The molecule has 0 aliphatic carbocycles. The molecule has 0 aliphatic heterocycles. The van der Waals surface area contributed by atoms with E-state index in [9.17, 15) is 4.57 Å². The molecule has 0 fully saturated rings. The quantitative estimate of drug-likeness (QED) is 0.405. The van der Waals surface area contributed by atoms with Crippen molar-refractivity contribution in [2.24, 2.45) is 0 Å². The van der Waals surface area contributed by atoms with Crippen molar-refractivity contribution < 1.29 is 15.0 Å². The van der Waals surface area contributed by atoms with E-state index in [1.807, 2.05) is 27.7 Å². The van der Waals surface area contributed by atoms with Crippen LogP contribution in [0.2, 0.25) is 0 Å². The van der Waals surface area contributed by atoms with Crippen molar-refractivity contribution in [3.63, 3.8) is 0 Å². The molecule has 1 atom stereocenters. The molecule has 0 unspecified atom stereocenters. The summed E-state index contributed by atoms with van der Waals surface area (Å²) in [7, 11) is 0. The molecule has 0 radical (unpaired) electrons. The molecule has 0 aliphatic rings. The molecule has 0 rings (SSSR count). The van der Waals surface area contributed by atoms with Crippen LogP contribution >= 0.6 is 18.2 Å². The van der Waals surface area contributed by atoms with Gasteiger partial charge in [0.15, 0.2) is 0 Å². The number of unbranched alkanes of at least 4 members (excludes halogenated alkanes) is 2. The first-order valence-corrected chi connectivity index (χ1v) is 9.39. The van der Waals surface area contributed by atoms with Gasteiger partial charge in [0.05, 0.1) is 12.2 Å². The molecular weight excluding hydrogens is 255 g/mol. The Kier molecular flexibility index (Phi) is 8.63. The number of hydrogen-bond acceptors (Lipinski definition) is 4. The highest BCUT2D eigenvalue weighted by molar-refractivity contribution is 8.55. The van der Waals surface area contributed by atoms with Crippen LogP contribution < -0.4 is 0 Å². The average molecular weight is 283 g/mol. The normalized spacial score (nSPS) is 15.4. The lowest BCUT2D eigenvalue weighted by molar-refractivity contribution is 0.156. The molecule has 3 nitrogen and oxygen atoms in total. The van der Waals surface area contributed by atoms with Crippen LogP contribution in [0.15, 0.2) is 0 Å². The molecule has 0 saturated heterocycles. The van der Waals surface area contributed by atoms with Crippen molar-refractivity contribution in [2.45, 2.75) is 72.5 Å². The van der Waals surface area contributed by atoms with Crippen LogP contribution in [0.4, 0.5) is 0 Å². The summed E-state index contributed by atoms with van der Waals surface area (Å²) in [6.07, 6.45) is 3.62. The van der Waals surface area contributed by atoms with Gasteiger partial charge >= 0.3 is 6.80 Å². The van der Waals surface area contributed by atoms with Crippen LogP contribution in [0.3, 0.4) is 0 Å². The van der Waals surface area contributed by atoms with Gasteiger partial charge in [-0.3, -0.25) is 9.05 Å². The monoisotopic (exact) mass is 283 g/mol. The maximum Gasteiger partial charge on any atom is 0.389 e. The van der Waals surface area contributed by atoms with Crippen LogP contribution in [0.5, 0.6) is 0 Å². The zero-order chi connectivity index (χ0) is 14.2. The molecule has 0 aromatic carbocycles. The lowest BCUT2D eigenvalue weighted by atomic mass is 10.2. The fraction of sp³-hybridized carbons (Fsp3) is 1.00. The zero-order valence-corrected chi connectivity index (χ0v) is 13.4. The first-order valence-electron chi connectivity index (χ1n) is 6.94. The van der Waals surface area contributed by atoms with E-state index in [1.165, 1.54) is 0 Å². The average Bonchev–Trinajstić information content (AvgIpc) is 2.13. The molecule has 104 valence electrons. The Morgan fingerprint density at radius 3 is 2.06 bits per heavy atom. The molecular formula is C12H27O3PS. The summed E-state index contributed by atoms with van der Waals surface area (Å²) >= 11 is 1.03. The molecule has 0 aromatic rings. The summed E-state index contributed by atoms with van der Waals surface area (Å²) in [4.78, 5) is 0.